The highest BCUT2D eigenvalue weighted by molar-refractivity contribution is 5.57. The quantitative estimate of drug-likeness (QED) is 0.810. The molecule has 1 aromatic rings. The van der Waals surface area contributed by atoms with Gasteiger partial charge in [0.1, 0.15) is 17.5 Å². The molecule has 0 aliphatic heterocycles. The highest BCUT2D eigenvalue weighted by Crippen LogP contribution is 2.39. The summed E-state index contributed by atoms with van der Waals surface area (Å²) in [6.07, 6.45) is 6.59. The van der Waals surface area contributed by atoms with Crippen LogP contribution in [0, 0.1) is 12.8 Å². The van der Waals surface area contributed by atoms with Gasteiger partial charge in [0.15, 0.2) is 0 Å². The van der Waals surface area contributed by atoms with Crippen molar-refractivity contribution in [2.45, 2.75) is 44.9 Å². The van der Waals surface area contributed by atoms with Crippen LogP contribution in [0.1, 0.15) is 49.4 Å². The maximum Gasteiger partial charge on any atom is 0.136 e. The first-order chi connectivity index (χ1) is 8.78. The third-order valence-electron chi connectivity index (χ3n) is 3.88. The van der Waals surface area contributed by atoms with Crippen molar-refractivity contribution in [2.75, 3.05) is 24.2 Å². The largest absolute Gasteiger partial charge is 0.373 e. The Morgan fingerprint density at radius 3 is 2.44 bits per heavy atom. The second-order valence-corrected chi connectivity index (χ2v) is 5.59. The summed E-state index contributed by atoms with van der Waals surface area (Å²) in [5.41, 5.74) is 1.14. The smallest absolute Gasteiger partial charge is 0.136 e. The zero-order chi connectivity index (χ0) is 12.5. The molecule has 0 radical (unpaired) electrons. The summed E-state index contributed by atoms with van der Waals surface area (Å²) in [5.74, 6) is 4.57. The van der Waals surface area contributed by atoms with Gasteiger partial charge in [-0.05, 0) is 32.1 Å². The lowest BCUT2D eigenvalue weighted by Gasteiger charge is -2.13. The second kappa shape index (κ2) is 4.75. The van der Waals surface area contributed by atoms with Crippen molar-refractivity contribution in [1.29, 1.82) is 0 Å². The lowest BCUT2D eigenvalue weighted by atomic mass is 10.2. The molecule has 98 valence electrons. The van der Waals surface area contributed by atoms with Crippen LogP contribution >= 0.6 is 0 Å². The van der Waals surface area contributed by atoms with E-state index in [1.165, 1.54) is 32.1 Å². The Kier molecular flexibility index (Phi) is 3.10. The van der Waals surface area contributed by atoms with Crippen molar-refractivity contribution >= 4 is 11.6 Å². The van der Waals surface area contributed by atoms with Crippen molar-refractivity contribution in [3.05, 3.63) is 11.4 Å². The van der Waals surface area contributed by atoms with Crippen LogP contribution in [0.3, 0.4) is 0 Å². The van der Waals surface area contributed by atoms with Crippen molar-refractivity contribution in [2.24, 2.45) is 5.92 Å². The minimum absolute atomic E-state index is 0.599. The summed E-state index contributed by atoms with van der Waals surface area (Å²) < 4.78 is 0. The van der Waals surface area contributed by atoms with Gasteiger partial charge in [0, 0.05) is 25.1 Å². The van der Waals surface area contributed by atoms with Gasteiger partial charge in [0.2, 0.25) is 0 Å². The van der Waals surface area contributed by atoms with E-state index in [2.05, 4.69) is 22.5 Å². The number of aromatic nitrogens is 2. The molecule has 0 saturated heterocycles. The molecule has 0 bridgehead atoms. The number of hydrogen-bond acceptors (Lipinski definition) is 4. The molecule has 3 rings (SSSR count). The lowest BCUT2D eigenvalue weighted by molar-refractivity contribution is 0.756. The van der Waals surface area contributed by atoms with Crippen molar-refractivity contribution < 1.29 is 0 Å². The fourth-order valence-electron chi connectivity index (χ4n) is 2.27. The Morgan fingerprint density at radius 2 is 1.83 bits per heavy atom. The van der Waals surface area contributed by atoms with E-state index in [0.717, 1.165) is 35.5 Å². The van der Waals surface area contributed by atoms with E-state index in [4.69, 9.17) is 4.98 Å². The zero-order valence-corrected chi connectivity index (χ0v) is 11.3. The maximum atomic E-state index is 4.70. The van der Waals surface area contributed by atoms with Crippen LogP contribution in [0.2, 0.25) is 0 Å². The normalized spacial score (nSPS) is 18.8. The molecule has 0 unspecified atom stereocenters. The molecule has 0 amide bonds. The van der Waals surface area contributed by atoms with Gasteiger partial charge in [-0.15, -0.1) is 0 Å². The van der Waals surface area contributed by atoms with E-state index >= 15 is 0 Å². The summed E-state index contributed by atoms with van der Waals surface area (Å²) in [7, 11) is 1.93. The molecule has 0 spiro atoms. The molecular weight excluding hydrogens is 224 g/mol. The summed E-state index contributed by atoms with van der Waals surface area (Å²) in [6.45, 7) is 3.12. The minimum atomic E-state index is 0.599. The highest BCUT2D eigenvalue weighted by Gasteiger charge is 2.28. The molecule has 0 atom stereocenters. The molecule has 4 heteroatoms. The van der Waals surface area contributed by atoms with Crippen LogP contribution in [-0.4, -0.2) is 23.6 Å². The third-order valence-corrected chi connectivity index (χ3v) is 3.88. The number of rotatable bonds is 6. The van der Waals surface area contributed by atoms with E-state index in [1.807, 2.05) is 7.05 Å². The SMILES string of the molecule is CNc1nc(C2CC2)nc(NCCC2CC2)c1C. The average molecular weight is 246 g/mol. The van der Waals surface area contributed by atoms with Gasteiger partial charge in [0.05, 0.1) is 0 Å². The Balaban J connectivity index is 1.74. The minimum Gasteiger partial charge on any atom is -0.373 e. The van der Waals surface area contributed by atoms with Gasteiger partial charge in [-0.25, -0.2) is 9.97 Å². The Bertz CT molecular complexity index is 436. The van der Waals surface area contributed by atoms with Crippen molar-refractivity contribution in [3.8, 4) is 0 Å². The molecule has 2 fully saturated rings. The number of anilines is 2. The average Bonchev–Trinajstić information content (AvgIpc) is 3.24. The third kappa shape index (κ3) is 2.57. The van der Waals surface area contributed by atoms with Crippen molar-refractivity contribution in [1.82, 2.24) is 9.97 Å². The highest BCUT2D eigenvalue weighted by atomic mass is 15.1. The van der Waals surface area contributed by atoms with Gasteiger partial charge in [-0.3, -0.25) is 0 Å². The standard InChI is InChI=1S/C14H22N4/c1-9-12(15-2)17-14(11-5-6-11)18-13(9)16-8-7-10-3-4-10/h10-11H,3-8H2,1-2H3,(H2,15,16,17,18). The van der Waals surface area contributed by atoms with E-state index in [9.17, 15) is 0 Å². The molecular formula is C14H22N4. The molecule has 4 nitrogen and oxygen atoms in total. The summed E-state index contributed by atoms with van der Waals surface area (Å²) >= 11 is 0. The number of nitrogens with zero attached hydrogens (tertiary/aromatic N) is 2. The van der Waals surface area contributed by atoms with Gasteiger partial charge < -0.3 is 10.6 Å². The number of hydrogen-bond donors (Lipinski definition) is 2. The molecule has 0 aromatic carbocycles. The van der Waals surface area contributed by atoms with Gasteiger partial charge in [-0.2, -0.15) is 0 Å². The van der Waals surface area contributed by atoms with Crippen LogP contribution < -0.4 is 10.6 Å². The molecule has 1 aromatic heterocycles. The molecule has 18 heavy (non-hydrogen) atoms. The molecule has 2 N–H and O–H groups in total. The first kappa shape index (κ1) is 11.8. The second-order valence-electron chi connectivity index (χ2n) is 5.59. The van der Waals surface area contributed by atoms with Crippen LogP contribution in [0.5, 0.6) is 0 Å². The molecule has 1 heterocycles. The van der Waals surface area contributed by atoms with Crippen LogP contribution in [0.4, 0.5) is 11.6 Å². The van der Waals surface area contributed by atoms with Gasteiger partial charge in [0.25, 0.3) is 0 Å². The topological polar surface area (TPSA) is 49.8 Å². The lowest BCUT2D eigenvalue weighted by Crippen LogP contribution is -2.10. The molecule has 2 saturated carbocycles. The summed E-state index contributed by atoms with van der Waals surface area (Å²) in [4.78, 5) is 9.30. The molecule has 2 aliphatic carbocycles. The fourth-order valence-corrected chi connectivity index (χ4v) is 2.27. The van der Waals surface area contributed by atoms with Crippen LogP contribution in [-0.2, 0) is 0 Å². The zero-order valence-electron chi connectivity index (χ0n) is 11.3. The van der Waals surface area contributed by atoms with E-state index in [1.54, 1.807) is 0 Å². The number of nitrogens with one attached hydrogen (secondary N) is 2. The summed E-state index contributed by atoms with van der Waals surface area (Å²) in [6, 6.07) is 0. The summed E-state index contributed by atoms with van der Waals surface area (Å²) in [5, 5.41) is 6.67. The van der Waals surface area contributed by atoms with Crippen molar-refractivity contribution in [3.63, 3.8) is 0 Å². The monoisotopic (exact) mass is 246 g/mol. The Hall–Kier alpha value is -1.32. The maximum absolute atomic E-state index is 4.70. The molecule has 2 aliphatic rings. The first-order valence-corrected chi connectivity index (χ1v) is 7.08. The van der Waals surface area contributed by atoms with Crippen LogP contribution in [0.25, 0.3) is 0 Å². The van der Waals surface area contributed by atoms with Gasteiger partial charge >= 0.3 is 0 Å². The predicted molar refractivity (Wildman–Crippen MR) is 74.1 cm³/mol. The van der Waals surface area contributed by atoms with E-state index in [-0.39, 0.29) is 0 Å². The Labute approximate surface area is 109 Å². The fraction of sp³-hybridized carbons (Fsp3) is 0.714. The van der Waals surface area contributed by atoms with E-state index in [0.29, 0.717) is 5.92 Å². The predicted octanol–water partition coefficient (Wildman–Crippen LogP) is 2.92. The first-order valence-electron chi connectivity index (χ1n) is 7.08. The Morgan fingerprint density at radius 1 is 1.11 bits per heavy atom. The van der Waals surface area contributed by atoms with E-state index < -0.39 is 0 Å². The van der Waals surface area contributed by atoms with Crippen LogP contribution in [0.15, 0.2) is 0 Å². The van der Waals surface area contributed by atoms with Gasteiger partial charge in [-0.1, -0.05) is 12.8 Å².